The molecule has 0 amide bonds. The number of sulfonamides is 1. The standard InChI is InChI=1S/C10H13NO2S/c1-8-9(2)11(8)14(12,13)10-6-4-3-5-7-10/h3-9H,1-2H3/t8-,9-/m0/s1. The number of nitrogens with zero attached hydrogens (tertiary/aromatic N) is 1. The van der Waals surface area contributed by atoms with Crippen LogP contribution in [0.3, 0.4) is 0 Å². The lowest BCUT2D eigenvalue weighted by atomic mass is 10.4. The second-order valence-electron chi connectivity index (χ2n) is 3.63. The SMILES string of the molecule is C[C@H]1[C@H](C)N1S(=O)(=O)c1ccccc1. The average Bonchev–Trinajstić information content (AvgIpc) is 2.77. The quantitative estimate of drug-likeness (QED) is 0.695. The van der Waals surface area contributed by atoms with E-state index < -0.39 is 10.0 Å². The summed E-state index contributed by atoms with van der Waals surface area (Å²) in [6.07, 6.45) is 0. The summed E-state index contributed by atoms with van der Waals surface area (Å²) in [5, 5.41) is 0. The second kappa shape index (κ2) is 3.07. The number of hydrogen-bond acceptors (Lipinski definition) is 2. The number of hydrogen-bond donors (Lipinski definition) is 0. The monoisotopic (exact) mass is 211 g/mol. The van der Waals surface area contributed by atoms with Crippen LogP contribution in [0.15, 0.2) is 35.2 Å². The van der Waals surface area contributed by atoms with Crippen molar-refractivity contribution in [3.05, 3.63) is 30.3 Å². The Morgan fingerprint density at radius 2 is 1.57 bits per heavy atom. The summed E-state index contributed by atoms with van der Waals surface area (Å²) in [6.45, 7) is 3.84. The fourth-order valence-corrected chi connectivity index (χ4v) is 3.54. The van der Waals surface area contributed by atoms with Crippen LogP contribution in [0.25, 0.3) is 0 Å². The van der Waals surface area contributed by atoms with E-state index in [0.717, 1.165) is 0 Å². The molecule has 0 unspecified atom stereocenters. The third kappa shape index (κ3) is 1.35. The molecule has 1 saturated heterocycles. The second-order valence-corrected chi connectivity index (χ2v) is 5.47. The zero-order valence-electron chi connectivity index (χ0n) is 8.21. The van der Waals surface area contributed by atoms with Gasteiger partial charge in [-0.1, -0.05) is 18.2 Å². The summed E-state index contributed by atoms with van der Waals surface area (Å²) in [4.78, 5) is 0.385. The van der Waals surface area contributed by atoms with E-state index in [1.165, 1.54) is 4.31 Å². The molecular weight excluding hydrogens is 198 g/mol. The molecule has 76 valence electrons. The van der Waals surface area contributed by atoms with Gasteiger partial charge in [-0.15, -0.1) is 0 Å². The van der Waals surface area contributed by atoms with Crippen molar-refractivity contribution in [3.63, 3.8) is 0 Å². The van der Waals surface area contributed by atoms with Gasteiger partial charge in [0.25, 0.3) is 0 Å². The highest BCUT2D eigenvalue weighted by molar-refractivity contribution is 7.89. The van der Waals surface area contributed by atoms with E-state index in [-0.39, 0.29) is 12.1 Å². The number of benzene rings is 1. The van der Waals surface area contributed by atoms with Crippen LogP contribution in [0, 0.1) is 0 Å². The van der Waals surface area contributed by atoms with Gasteiger partial charge in [0.2, 0.25) is 10.0 Å². The van der Waals surface area contributed by atoms with Gasteiger partial charge in [0.1, 0.15) is 0 Å². The van der Waals surface area contributed by atoms with Crippen LogP contribution in [-0.4, -0.2) is 24.8 Å². The average molecular weight is 211 g/mol. The van der Waals surface area contributed by atoms with Crippen molar-refractivity contribution >= 4 is 10.0 Å². The summed E-state index contributed by atoms with van der Waals surface area (Å²) in [5.41, 5.74) is 0. The van der Waals surface area contributed by atoms with Gasteiger partial charge in [-0.3, -0.25) is 0 Å². The van der Waals surface area contributed by atoms with E-state index >= 15 is 0 Å². The highest BCUT2D eigenvalue weighted by Gasteiger charge is 2.49. The minimum absolute atomic E-state index is 0.139. The predicted molar refractivity (Wildman–Crippen MR) is 54.4 cm³/mol. The Morgan fingerprint density at radius 1 is 1.07 bits per heavy atom. The Labute approximate surface area is 84.4 Å². The first-order valence-electron chi connectivity index (χ1n) is 4.64. The van der Waals surface area contributed by atoms with Crippen molar-refractivity contribution < 1.29 is 8.42 Å². The maximum absolute atomic E-state index is 11.9. The molecule has 1 aliphatic heterocycles. The van der Waals surface area contributed by atoms with Crippen LogP contribution in [0.1, 0.15) is 13.8 Å². The van der Waals surface area contributed by atoms with Crippen LogP contribution in [0.4, 0.5) is 0 Å². The Kier molecular flexibility index (Phi) is 2.12. The Hall–Kier alpha value is -0.870. The summed E-state index contributed by atoms with van der Waals surface area (Å²) < 4.78 is 25.4. The highest BCUT2D eigenvalue weighted by atomic mass is 32.2. The first-order valence-corrected chi connectivity index (χ1v) is 6.08. The van der Waals surface area contributed by atoms with Crippen LogP contribution in [-0.2, 0) is 10.0 Å². The molecule has 0 aromatic heterocycles. The van der Waals surface area contributed by atoms with Gasteiger partial charge in [-0.25, -0.2) is 8.42 Å². The van der Waals surface area contributed by atoms with E-state index in [1.54, 1.807) is 24.3 Å². The molecular formula is C10H13NO2S. The van der Waals surface area contributed by atoms with Crippen molar-refractivity contribution in [2.75, 3.05) is 0 Å². The Morgan fingerprint density at radius 3 is 2.00 bits per heavy atom. The zero-order valence-corrected chi connectivity index (χ0v) is 9.03. The van der Waals surface area contributed by atoms with Crippen LogP contribution >= 0.6 is 0 Å². The van der Waals surface area contributed by atoms with Crippen molar-refractivity contribution in [2.45, 2.75) is 30.8 Å². The van der Waals surface area contributed by atoms with Crippen molar-refractivity contribution in [3.8, 4) is 0 Å². The zero-order chi connectivity index (χ0) is 10.3. The molecule has 0 spiro atoms. The smallest absolute Gasteiger partial charge is 0.207 e. The van der Waals surface area contributed by atoms with E-state index in [1.807, 2.05) is 19.9 Å². The molecule has 0 bridgehead atoms. The fourth-order valence-electron chi connectivity index (χ4n) is 1.62. The van der Waals surface area contributed by atoms with Crippen molar-refractivity contribution in [1.82, 2.24) is 4.31 Å². The molecule has 0 N–H and O–H groups in total. The van der Waals surface area contributed by atoms with Crippen LogP contribution < -0.4 is 0 Å². The first kappa shape index (κ1) is 9.68. The molecule has 2 atom stereocenters. The molecule has 1 aromatic rings. The highest BCUT2D eigenvalue weighted by Crippen LogP contribution is 2.34. The van der Waals surface area contributed by atoms with E-state index in [0.29, 0.717) is 4.90 Å². The molecule has 14 heavy (non-hydrogen) atoms. The lowest BCUT2D eigenvalue weighted by Crippen LogP contribution is -2.14. The van der Waals surface area contributed by atoms with Crippen molar-refractivity contribution in [2.24, 2.45) is 0 Å². The summed E-state index contributed by atoms with van der Waals surface area (Å²) in [5.74, 6) is 0. The molecule has 1 aliphatic rings. The van der Waals surface area contributed by atoms with Gasteiger partial charge in [0.05, 0.1) is 4.90 Å². The topological polar surface area (TPSA) is 37.1 Å². The molecule has 1 aromatic carbocycles. The maximum Gasteiger partial charge on any atom is 0.243 e. The molecule has 1 fully saturated rings. The largest absolute Gasteiger partial charge is 0.243 e. The van der Waals surface area contributed by atoms with Crippen molar-refractivity contribution in [1.29, 1.82) is 0 Å². The molecule has 0 radical (unpaired) electrons. The van der Waals surface area contributed by atoms with Gasteiger partial charge in [0, 0.05) is 12.1 Å². The summed E-state index contributed by atoms with van der Waals surface area (Å²) in [6, 6.07) is 8.84. The van der Waals surface area contributed by atoms with E-state index in [9.17, 15) is 8.42 Å². The minimum atomic E-state index is -3.23. The van der Waals surface area contributed by atoms with E-state index in [2.05, 4.69) is 0 Å². The molecule has 0 aliphatic carbocycles. The van der Waals surface area contributed by atoms with Gasteiger partial charge in [0.15, 0.2) is 0 Å². The van der Waals surface area contributed by atoms with Crippen LogP contribution in [0.5, 0.6) is 0 Å². The van der Waals surface area contributed by atoms with Gasteiger partial charge in [-0.05, 0) is 26.0 Å². The minimum Gasteiger partial charge on any atom is -0.207 e. The lowest BCUT2D eigenvalue weighted by molar-refractivity contribution is 0.549. The maximum atomic E-state index is 11.9. The predicted octanol–water partition coefficient (Wildman–Crippen LogP) is 1.47. The Balaban J connectivity index is 2.36. The van der Waals surface area contributed by atoms with Crippen LogP contribution in [0.2, 0.25) is 0 Å². The third-order valence-electron chi connectivity index (χ3n) is 2.73. The molecule has 0 saturated carbocycles. The fraction of sp³-hybridized carbons (Fsp3) is 0.400. The molecule has 2 rings (SSSR count). The lowest BCUT2D eigenvalue weighted by Gasteiger charge is -2.04. The van der Waals surface area contributed by atoms with Gasteiger partial charge in [-0.2, -0.15) is 4.31 Å². The van der Waals surface area contributed by atoms with Gasteiger partial charge < -0.3 is 0 Å². The van der Waals surface area contributed by atoms with Gasteiger partial charge >= 0.3 is 0 Å². The number of rotatable bonds is 2. The van der Waals surface area contributed by atoms with E-state index in [4.69, 9.17) is 0 Å². The molecule has 4 heteroatoms. The normalized spacial score (nSPS) is 31.4. The Bertz CT molecular complexity index is 419. The third-order valence-corrected chi connectivity index (χ3v) is 4.82. The summed E-state index contributed by atoms with van der Waals surface area (Å²) in [7, 11) is -3.23. The summed E-state index contributed by atoms with van der Waals surface area (Å²) >= 11 is 0. The molecule has 3 nitrogen and oxygen atoms in total. The first-order chi connectivity index (χ1) is 6.55. The molecule has 1 heterocycles.